The summed E-state index contributed by atoms with van der Waals surface area (Å²) >= 11 is 0. The van der Waals surface area contributed by atoms with E-state index in [-0.39, 0.29) is 5.75 Å². The van der Waals surface area contributed by atoms with Gasteiger partial charge in [-0.3, -0.25) is 0 Å². The summed E-state index contributed by atoms with van der Waals surface area (Å²) < 4.78 is 10.5. The lowest BCUT2D eigenvalue weighted by atomic mass is 10.2. The lowest BCUT2D eigenvalue weighted by Crippen LogP contribution is -2.14. The molecule has 0 aliphatic rings. The normalized spacial score (nSPS) is 11.7. The van der Waals surface area contributed by atoms with Gasteiger partial charge < -0.3 is 26.0 Å². The minimum atomic E-state index is 0.201. The summed E-state index contributed by atoms with van der Waals surface area (Å²) in [5.41, 5.74) is 12.3. The van der Waals surface area contributed by atoms with Crippen LogP contribution in [0, 0.1) is 0 Å². The van der Waals surface area contributed by atoms with E-state index in [1.54, 1.807) is 24.3 Å². The predicted molar refractivity (Wildman–Crippen MR) is 71.0 cm³/mol. The molecule has 0 heterocycles. The van der Waals surface area contributed by atoms with Crippen LogP contribution in [-0.2, 0) is 9.47 Å². The van der Waals surface area contributed by atoms with Gasteiger partial charge in [-0.15, -0.1) is 0 Å². The average Bonchev–Trinajstić information content (AvgIpc) is 2.36. The van der Waals surface area contributed by atoms with Crippen LogP contribution in [0.4, 0.5) is 0 Å². The molecular weight excluding hydrogens is 232 g/mol. The van der Waals surface area contributed by atoms with Crippen molar-refractivity contribution in [2.75, 3.05) is 33.0 Å². The van der Waals surface area contributed by atoms with Crippen molar-refractivity contribution in [2.45, 2.75) is 0 Å². The highest BCUT2D eigenvalue weighted by Gasteiger charge is 1.98. The number of para-hydroxylation sites is 1. The molecule has 1 aromatic carbocycles. The van der Waals surface area contributed by atoms with Crippen LogP contribution in [0.1, 0.15) is 5.56 Å². The SMILES string of the molecule is NCCOCCOCC(N)=Cc1ccccc1O. The Hall–Kier alpha value is -1.56. The number of hydrogen-bond donors (Lipinski definition) is 3. The Bertz CT molecular complexity index is 380. The number of aromatic hydroxyl groups is 1. The van der Waals surface area contributed by atoms with Gasteiger partial charge in [0.05, 0.1) is 26.4 Å². The zero-order valence-electron chi connectivity index (χ0n) is 10.3. The van der Waals surface area contributed by atoms with Crippen LogP contribution in [0.5, 0.6) is 5.75 Å². The molecule has 0 aliphatic carbocycles. The molecule has 18 heavy (non-hydrogen) atoms. The number of rotatable bonds is 8. The number of benzene rings is 1. The van der Waals surface area contributed by atoms with E-state index >= 15 is 0 Å². The van der Waals surface area contributed by atoms with Gasteiger partial charge in [0.15, 0.2) is 0 Å². The summed E-state index contributed by atoms with van der Waals surface area (Å²) in [5, 5.41) is 9.56. The molecular formula is C13H20N2O3. The molecule has 5 nitrogen and oxygen atoms in total. The van der Waals surface area contributed by atoms with Crippen molar-refractivity contribution in [3.8, 4) is 5.75 Å². The van der Waals surface area contributed by atoms with Crippen LogP contribution < -0.4 is 11.5 Å². The molecule has 1 rings (SSSR count). The van der Waals surface area contributed by atoms with Gasteiger partial charge in [0.2, 0.25) is 0 Å². The van der Waals surface area contributed by atoms with Gasteiger partial charge >= 0.3 is 0 Å². The van der Waals surface area contributed by atoms with Gasteiger partial charge in [-0.05, 0) is 12.1 Å². The third-order valence-electron chi connectivity index (χ3n) is 2.18. The fourth-order valence-electron chi connectivity index (χ4n) is 1.34. The number of nitrogens with two attached hydrogens (primary N) is 2. The third kappa shape index (κ3) is 5.67. The zero-order chi connectivity index (χ0) is 13.2. The van der Waals surface area contributed by atoms with Gasteiger partial charge in [-0.25, -0.2) is 0 Å². The van der Waals surface area contributed by atoms with E-state index in [9.17, 15) is 5.11 Å². The molecule has 0 fully saturated rings. The van der Waals surface area contributed by atoms with Gasteiger partial charge in [0, 0.05) is 17.8 Å². The predicted octanol–water partition coefficient (Wildman–Crippen LogP) is 0.684. The minimum absolute atomic E-state index is 0.201. The molecule has 0 unspecified atom stereocenters. The summed E-state index contributed by atoms with van der Waals surface area (Å²) in [6.45, 7) is 2.32. The first-order valence-corrected chi connectivity index (χ1v) is 5.83. The maximum atomic E-state index is 9.56. The van der Waals surface area contributed by atoms with Gasteiger partial charge in [0.25, 0.3) is 0 Å². The Labute approximate surface area is 107 Å². The Balaban J connectivity index is 2.28. The monoisotopic (exact) mass is 252 g/mol. The summed E-state index contributed by atoms with van der Waals surface area (Å²) in [6.07, 6.45) is 1.69. The first-order valence-electron chi connectivity index (χ1n) is 5.83. The van der Waals surface area contributed by atoms with E-state index in [2.05, 4.69) is 0 Å². The molecule has 0 saturated carbocycles. The van der Waals surface area contributed by atoms with E-state index in [4.69, 9.17) is 20.9 Å². The molecule has 5 heteroatoms. The van der Waals surface area contributed by atoms with Crippen molar-refractivity contribution in [1.29, 1.82) is 0 Å². The highest BCUT2D eigenvalue weighted by molar-refractivity contribution is 5.58. The van der Waals surface area contributed by atoms with E-state index in [0.29, 0.717) is 44.2 Å². The second kappa shape index (κ2) is 8.52. The molecule has 0 aliphatic heterocycles. The summed E-state index contributed by atoms with van der Waals surface area (Å²) in [7, 11) is 0. The topological polar surface area (TPSA) is 90.7 Å². The van der Waals surface area contributed by atoms with Crippen molar-refractivity contribution >= 4 is 6.08 Å². The van der Waals surface area contributed by atoms with Crippen LogP contribution in [0.25, 0.3) is 6.08 Å². The van der Waals surface area contributed by atoms with E-state index in [0.717, 1.165) is 0 Å². The molecule has 0 radical (unpaired) electrons. The average molecular weight is 252 g/mol. The number of hydrogen-bond acceptors (Lipinski definition) is 5. The molecule has 1 aromatic rings. The fourth-order valence-corrected chi connectivity index (χ4v) is 1.34. The smallest absolute Gasteiger partial charge is 0.122 e. The third-order valence-corrected chi connectivity index (χ3v) is 2.18. The fraction of sp³-hybridized carbons (Fsp3) is 0.385. The van der Waals surface area contributed by atoms with Crippen LogP contribution in [0.15, 0.2) is 30.0 Å². The summed E-state index contributed by atoms with van der Waals surface area (Å²) in [5.74, 6) is 0.201. The van der Waals surface area contributed by atoms with Crippen molar-refractivity contribution in [3.63, 3.8) is 0 Å². The van der Waals surface area contributed by atoms with Gasteiger partial charge in [-0.2, -0.15) is 0 Å². The molecule has 5 N–H and O–H groups in total. The molecule has 0 bridgehead atoms. The summed E-state index contributed by atoms with van der Waals surface area (Å²) in [6, 6.07) is 6.99. The van der Waals surface area contributed by atoms with Crippen LogP contribution >= 0.6 is 0 Å². The maximum absolute atomic E-state index is 9.56. The Morgan fingerprint density at radius 1 is 1.17 bits per heavy atom. The van der Waals surface area contributed by atoms with E-state index < -0.39 is 0 Å². The molecule has 0 atom stereocenters. The molecule has 0 aromatic heterocycles. The zero-order valence-corrected chi connectivity index (χ0v) is 10.3. The van der Waals surface area contributed by atoms with Crippen LogP contribution in [0.2, 0.25) is 0 Å². The van der Waals surface area contributed by atoms with E-state index in [1.165, 1.54) is 0 Å². The lowest BCUT2D eigenvalue weighted by Gasteiger charge is -2.06. The standard InChI is InChI=1S/C13H20N2O3/c14-5-6-17-7-8-18-10-12(15)9-11-3-1-2-4-13(11)16/h1-4,9,16H,5-8,10,14-15H2. The van der Waals surface area contributed by atoms with Gasteiger partial charge in [-0.1, -0.05) is 18.2 Å². The molecule has 0 spiro atoms. The Morgan fingerprint density at radius 2 is 1.89 bits per heavy atom. The van der Waals surface area contributed by atoms with Crippen molar-refractivity contribution < 1.29 is 14.6 Å². The lowest BCUT2D eigenvalue weighted by molar-refractivity contribution is 0.0595. The number of phenolic OH excluding ortho intramolecular Hbond substituents is 1. The van der Waals surface area contributed by atoms with Crippen molar-refractivity contribution in [1.82, 2.24) is 0 Å². The van der Waals surface area contributed by atoms with Crippen LogP contribution in [0.3, 0.4) is 0 Å². The van der Waals surface area contributed by atoms with E-state index in [1.807, 2.05) is 6.07 Å². The second-order valence-electron chi connectivity index (χ2n) is 3.73. The summed E-state index contributed by atoms with van der Waals surface area (Å²) in [4.78, 5) is 0. The molecule has 100 valence electrons. The van der Waals surface area contributed by atoms with Crippen LogP contribution in [-0.4, -0.2) is 38.1 Å². The first-order chi connectivity index (χ1) is 8.74. The van der Waals surface area contributed by atoms with Crippen molar-refractivity contribution in [3.05, 3.63) is 35.5 Å². The first kappa shape index (κ1) is 14.5. The minimum Gasteiger partial charge on any atom is -0.507 e. The number of phenols is 1. The largest absolute Gasteiger partial charge is 0.507 e. The molecule has 0 saturated heterocycles. The van der Waals surface area contributed by atoms with Gasteiger partial charge in [0.1, 0.15) is 5.75 Å². The second-order valence-corrected chi connectivity index (χ2v) is 3.73. The quantitative estimate of drug-likeness (QED) is 0.592. The Kier molecular flexibility index (Phi) is 6.86. The molecule has 0 amide bonds. The maximum Gasteiger partial charge on any atom is 0.122 e. The van der Waals surface area contributed by atoms with Crippen molar-refractivity contribution in [2.24, 2.45) is 11.5 Å². The highest BCUT2D eigenvalue weighted by Crippen LogP contribution is 2.17. The Morgan fingerprint density at radius 3 is 2.61 bits per heavy atom. The highest BCUT2D eigenvalue weighted by atomic mass is 16.5. The number of ether oxygens (including phenoxy) is 2.